The molecule has 1 unspecified atom stereocenters. The highest BCUT2D eigenvalue weighted by Gasteiger charge is 2.40. The predicted octanol–water partition coefficient (Wildman–Crippen LogP) is 8.89. The van der Waals surface area contributed by atoms with Crippen molar-refractivity contribution in [2.24, 2.45) is 0 Å². The van der Waals surface area contributed by atoms with Gasteiger partial charge in [-0.15, -0.1) is 5.10 Å². The second kappa shape index (κ2) is 15.0. The van der Waals surface area contributed by atoms with Gasteiger partial charge in [-0.3, -0.25) is 4.79 Å². The lowest BCUT2D eigenvalue weighted by atomic mass is 9.77. The molecule has 0 spiro atoms. The van der Waals surface area contributed by atoms with Crippen LogP contribution >= 0.6 is 0 Å². The summed E-state index contributed by atoms with van der Waals surface area (Å²) in [5, 5.41) is 25.4. The monoisotopic (exact) mass is 762 g/mol. The number of benzene rings is 6. The number of rotatable bonds is 9. The fourth-order valence-electron chi connectivity index (χ4n) is 8.90. The summed E-state index contributed by atoms with van der Waals surface area (Å²) in [5.41, 5.74) is 8.17. The second-order valence-electron chi connectivity index (χ2n) is 15.2. The normalized spacial score (nSPS) is 17.9. The number of nitrogens with zero attached hydrogens (tertiary/aromatic N) is 5. The molecule has 58 heavy (non-hydrogen) atoms. The van der Waals surface area contributed by atoms with Gasteiger partial charge in [-0.1, -0.05) is 127 Å². The standard InChI is InChI=1S/C49H42N6O3/c56-43-31-33-15-10-11-24-40(33)46(43)51-48(57)36-17-14-16-34(29-36)45-41-30-35(26-27-42(41)55(52-45)44-25-12-13-28-58-44)47-50-32-54(53-47)49(37-18-4-1-5-19-37,38-20-6-2-7-21-38)39-22-8-3-9-23-39/h1-11,14-24,26-27,29-30,32,43-44,46,56H,12-13,25,28,31H2,(H,51,57)/t43-,44?,46+/m0/s1. The third-order valence-corrected chi connectivity index (χ3v) is 11.7. The fraction of sp³-hybridized carbons (Fsp3) is 0.184. The summed E-state index contributed by atoms with van der Waals surface area (Å²) in [6.07, 6.45) is 4.38. The van der Waals surface area contributed by atoms with Crippen LogP contribution < -0.4 is 5.32 Å². The zero-order valence-corrected chi connectivity index (χ0v) is 31.9. The summed E-state index contributed by atoms with van der Waals surface area (Å²) in [5.74, 6) is 0.321. The number of hydrogen-bond acceptors (Lipinski definition) is 6. The number of aromatic nitrogens is 5. The molecule has 1 saturated heterocycles. The van der Waals surface area contributed by atoms with Crippen molar-refractivity contribution >= 4 is 16.8 Å². The number of aliphatic hydroxyl groups is 1. The molecule has 0 bridgehead atoms. The average Bonchev–Trinajstić information content (AvgIpc) is 4.01. The van der Waals surface area contributed by atoms with E-state index in [9.17, 15) is 9.90 Å². The molecule has 286 valence electrons. The third kappa shape index (κ3) is 6.20. The van der Waals surface area contributed by atoms with Crippen LogP contribution in [0.1, 0.15) is 69.7 Å². The summed E-state index contributed by atoms with van der Waals surface area (Å²) in [4.78, 5) is 18.8. The van der Waals surface area contributed by atoms with Crippen molar-refractivity contribution in [3.8, 4) is 22.6 Å². The molecule has 3 atom stereocenters. The van der Waals surface area contributed by atoms with Crippen LogP contribution in [0.3, 0.4) is 0 Å². The van der Waals surface area contributed by atoms with Gasteiger partial charge in [0.2, 0.25) is 0 Å². The first-order valence-electron chi connectivity index (χ1n) is 20.0. The Morgan fingerprint density at radius 2 is 1.41 bits per heavy atom. The van der Waals surface area contributed by atoms with Crippen molar-refractivity contribution in [2.75, 3.05) is 6.61 Å². The average molecular weight is 763 g/mol. The van der Waals surface area contributed by atoms with Gasteiger partial charge in [0, 0.05) is 35.1 Å². The summed E-state index contributed by atoms with van der Waals surface area (Å²) in [7, 11) is 0. The van der Waals surface area contributed by atoms with Gasteiger partial charge >= 0.3 is 0 Å². The highest BCUT2D eigenvalue weighted by molar-refractivity contribution is 5.99. The molecule has 3 heterocycles. The number of aliphatic hydroxyl groups excluding tert-OH is 1. The minimum atomic E-state index is -0.800. The van der Waals surface area contributed by atoms with E-state index in [4.69, 9.17) is 19.9 Å². The smallest absolute Gasteiger partial charge is 0.251 e. The van der Waals surface area contributed by atoms with Crippen LogP contribution in [-0.4, -0.2) is 48.3 Å². The number of ether oxygens (including phenoxy) is 1. The minimum Gasteiger partial charge on any atom is -0.390 e. The molecule has 2 aromatic heterocycles. The largest absolute Gasteiger partial charge is 0.390 e. The fourth-order valence-corrected chi connectivity index (χ4v) is 8.90. The van der Waals surface area contributed by atoms with Crippen LogP contribution in [0.2, 0.25) is 0 Å². The Labute approximate surface area is 336 Å². The molecule has 0 radical (unpaired) electrons. The Bertz CT molecular complexity index is 2630. The number of fused-ring (bicyclic) bond motifs is 2. The van der Waals surface area contributed by atoms with E-state index >= 15 is 0 Å². The quantitative estimate of drug-likeness (QED) is 0.142. The van der Waals surface area contributed by atoms with Gasteiger partial charge in [0.15, 0.2) is 12.1 Å². The molecule has 1 aliphatic heterocycles. The van der Waals surface area contributed by atoms with Crippen LogP contribution in [0.4, 0.5) is 0 Å². The van der Waals surface area contributed by atoms with Gasteiger partial charge in [0.05, 0.1) is 17.7 Å². The molecular formula is C49H42N6O3. The molecule has 6 aromatic carbocycles. The topological polar surface area (TPSA) is 107 Å². The van der Waals surface area contributed by atoms with E-state index in [2.05, 4.69) is 96.3 Å². The molecule has 9 nitrogen and oxygen atoms in total. The molecule has 0 saturated carbocycles. The molecule has 1 amide bonds. The SMILES string of the molecule is O=C(N[C@@H]1c2ccccc2C[C@@H]1O)c1cccc(-c2nn(C3CCCCO3)c3ccc(-c4ncn(C(c5ccccc5)(c5ccccc5)c5ccccc5)n4)cc23)c1. The number of hydrogen-bond donors (Lipinski definition) is 2. The maximum absolute atomic E-state index is 13.8. The Balaban J connectivity index is 1.07. The van der Waals surface area contributed by atoms with Gasteiger partial charge in [0.1, 0.15) is 17.6 Å². The van der Waals surface area contributed by atoms with Crippen LogP contribution in [-0.2, 0) is 16.7 Å². The van der Waals surface area contributed by atoms with Crippen molar-refractivity contribution < 1.29 is 14.6 Å². The maximum Gasteiger partial charge on any atom is 0.251 e. The summed E-state index contributed by atoms with van der Waals surface area (Å²) < 4.78 is 10.2. The molecule has 9 heteroatoms. The van der Waals surface area contributed by atoms with Gasteiger partial charge < -0.3 is 15.2 Å². The van der Waals surface area contributed by atoms with E-state index in [1.807, 2.05) is 76.4 Å². The summed E-state index contributed by atoms with van der Waals surface area (Å²) >= 11 is 0. The number of amides is 1. The predicted molar refractivity (Wildman–Crippen MR) is 224 cm³/mol. The molecule has 2 aliphatic rings. The van der Waals surface area contributed by atoms with Crippen LogP contribution in [0.5, 0.6) is 0 Å². The van der Waals surface area contributed by atoms with E-state index < -0.39 is 17.7 Å². The second-order valence-corrected chi connectivity index (χ2v) is 15.2. The molecule has 10 rings (SSSR count). The highest BCUT2D eigenvalue weighted by Crippen LogP contribution is 2.41. The van der Waals surface area contributed by atoms with Crippen molar-refractivity contribution in [2.45, 2.75) is 49.6 Å². The van der Waals surface area contributed by atoms with Crippen molar-refractivity contribution in [3.63, 3.8) is 0 Å². The first-order valence-corrected chi connectivity index (χ1v) is 20.0. The van der Waals surface area contributed by atoms with Gasteiger partial charge in [0.25, 0.3) is 5.91 Å². The Morgan fingerprint density at radius 1 is 0.724 bits per heavy atom. The van der Waals surface area contributed by atoms with Crippen molar-refractivity contribution in [1.82, 2.24) is 29.9 Å². The zero-order chi connectivity index (χ0) is 39.1. The van der Waals surface area contributed by atoms with E-state index in [1.165, 1.54) is 0 Å². The maximum atomic E-state index is 13.8. The van der Waals surface area contributed by atoms with Gasteiger partial charge in [-0.2, -0.15) is 5.10 Å². The van der Waals surface area contributed by atoms with Crippen LogP contribution in [0, 0.1) is 0 Å². The molecular weight excluding hydrogens is 721 g/mol. The number of nitrogens with one attached hydrogen (secondary N) is 1. The third-order valence-electron chi connectivity index (χ3n) is 11.7. The summed E-state index contributed by atoms with van der Waals surface area (Å²) in [6.45, 7) is 0.679. The highest BCUT2D eigenvalue weighted by atomic mass is 16.5. The zero-order valence-electron chi connectivity index (χ0n) is 31.9. The lowest BCUT2D eigenvalue weighted by molar-refractivity contribution is -0.0365. The first-order chi connectivity index (χ1) is 28.6. The van der Waals surface area contributed by atoms with E-state index in [1.54, 1.807) is 6.07 Å². The number of carbonyl (C=O) groups excluding carboxylic acids is 1. The summed E-state index contributed by atoms with van der Waals surface area (Å²) in [6, 6.07) is 52.5. The van der Waals surface area contributed by atoms with Crippen LogP contribution in [0.25, 0.3) is 33.5 Å². The van der Waals surface area contributed by atoms with Crippen LogP contribution in [0.15, 0.2) is 164 Å². The molecule has 1 fully saturated rings. The Morgan fingerprint density at radius 3 is 2.10 bits per heavy atom. The van der Waals surface area contributed by atoms with Crippen molar-refractivity contribution in [3.05, 3.63) is 197 Å². The first kappa shape index (κ1) is 35.7. The van der Waals surface area contributed by atoms with E-state index in [0.717, 1.165) is 74.8 Å². The lowest BCUT2D eigenvalue weighted by Gasteiger charge is -2.35. The Hall–Kier alpha value is -6.68. The van der Waals surface area contributed by atoms with Gasteiger partial charge in [-0.25, -0.2) is 14.3 Å². The lowest BCUT2D eigenvalue weighted by Crippen LogP contribution is -2.38. The minimum absolute atomic E-state index is 0.202. The van der Waals surface area contributed by atoms with Crippen molar-refractivity contribution in [1.29, 1.82) is 0 Å². The van der Waals surface area contributed by atoms with E-state index in [-0.39, 0.29) is 12.1 Å². The Kier molecular flexibility index (Phi) is 9.24. The molecule has 8 aromatic rings. The van der Waals surface area contributed by atoms with Gasteiger partial charge in [-0.05, 0) is 77.4 Å². The molecule has 2 N–H and O–H groups in total. The van der Waals surface area contributed by atoms with E-state index in [0.29, 0.717) is 24.4 Å². The number of carbonyl (C=O) groups is 1. The molecule has 1 aliphatic carbocycles.